The minimum absolute atomic E-state index is 0. The van der Waals surface area contributed by atoms with Gasteiger partial charge in [-0.25, -0.2) is 0 Å². The topological polar surface area (TPSA) is 327 Å². The molecule has 14 heavy (non-hydrogen) atoms. The molecule has 0 aliphatic heterocycles. The Morgan fingerprint density at radius 3 is 0.571 bits per heavy atom. The first kappa shape index (κ1) is 133. The van der Waals surface area contributed by atoms with Crippen LogP contribution >= 0.6 is 0 Å². The smallest absolute Gasteiger partial charge is 0.394 e. The number of rotatable bonds is 0. The summed E-state index contributed by atoms with van der Waals surface area (Å²) < 4.78 is 31.6. The van der Waals surface area contributed by atoms with Gasteiger partial charge in [0.1, 0.15) is 0 Å². The maximum atomic E-state index is 8.74. The van der Waals surface area contributed by atoms with Gasteiger partial charge < -0.3 is 43.8 Å². The number of hydrogen-bond donors (Lipinski definition) is 2. The second-order valence-electron chi connectivity index (χ2n) is 0.448. The van der Waals surface area contributed by atoms with Crippen LogP contribution in [0.15, 0.2) is 0 Å². The molecular weight excluding hydrogens is 269 g/mol. The summed E-state index contributed by atoms with van der Waals surface area (Å²) >= 11 is 0. The fraction of sp³-hybridized carbons (Fsp3) is 0. The molecule has 99 valence electrons. The van der Waals surface area contributed by atoms with Crippen molar-refractivity contribution in [3.63, 3.8) is 0 Å². The Bertz CT molecular complexity index is 93.5. The van der Waals surface area contributed by atoms with E-state index >= 15 is 0 Å². The van der Waals surface area contributed by atoms with Crippen molar-refractivity contribution in [1.82, 2.24) is 0 Å². The van der Waals surface area contributed by atoms with Gasteiger partial charge in [0.2, 0.25) is 0 Å². The summed E-state index contributed by atoms with van der Waals surface area (Å²) in [6, 6.07) is 0. The molecule has 0 heterocycles. The molecule has 0 aromatic rings. The van der Waals surface area contributed by atoms with Gasteiger partial charge in [-0.2, -0.15) is 8.42 Å². The summed E-state index contributed by atoms with van der Waals surface area (Å²) in [6.45, 7) is 0. The van der Waals surface area contributed by atoms with Crippen molar-refractivity contribution in [3.05, 3.63) is 0 Å². The standard InChI is InChI=1S/H2O4S.8H2O.Sc/c1-5(2,3)4;;;;;;;;;/h(H2,1,2,3,4);8*1H2;. The maximum Gasteiger partial charge on any atom is 0.394 e. The molecule has 0 saturated heterocycles. The van der Waals surface area contributed by atoms with Crippen molar-refractivity contribution in [1.29, 1.82) is 0 Å². The molecule has 0 aliphatic rings. The van der Waals surface area contributed by atoms with Gasteiger partial charge in [0.05, 0.1) is 0 Å². The molecule has 0 unspecified atom stereocenters. The molecule has 0 aromatic heterocycles. The zero-order chi connectivity index (χ0) is 4.50. The Morgan fingerprint density at radius 2 is 0.571 bits per heavy atom. The quantitative estimate of drug-likeness (QED) is 0.409. The summed E-state index contributed by atoms with van der Waals surface area (Å²) in [6.07, 6.45) is 0. The molecule has 14 heteroatoms. The third-order valence-corrected chi connectivity index (χ3v) is 0. The van der Waals surface area contributed by atoms with Crippen molar-refractivity contribution in [2.75, 3.05) is 0 Å². The minimum Gasteiger partial charge on any atom is -0.412 e. The van der Waals surface area contributed by atoms with Crippen LogP contribution in [0.25, 0.3) is 0 Å². The van der Waals surface area contributed by atoms with E-state index < -0.39 is 10.4 Å². The van der Waals surface area contributed by atoms with E-state index in [1.54, 1.807) is 0 Å². The van der Waals surface area contributed by atoms with E-state index in [0.717, 1.165) is 0 Å². The molecule has 0 aromatic carbocycles. The molecule has 12 nitrogen and oxygen atoms in total. The van der Waals surface area contributed by atoms with E-state index in [-0.39, 0.29) is 69.7 Å². The van der Waals surface area contributed by atoms with E-state index in [1.165, 1.54) is 0 Å². The van der Waals surface area contributed by atoms with Gasteiger partial charge in [-0.3, -0.25) is 9.11 Å². The first-order valence-electron chi connectivity index (χ1n) is 0.698. The molecule has 0 atom stereocenters. The van der Waals surface area contributed by atoms with Gasteiger partial charge in [0, 0.05) is 25.8 Å². The van der Waals surface area contributed by atoms with Crippen LogP contribution in [0.5, 0.6) is 0 Å². The fourth-order valence-corrected chi connectivity index (χ4v) is 0. The van der Waals surface area contributed by atoms with Crippen LogP contribution in [-0.4, -0.2) is 61.3 Å². The van der Waals surface area contributed by atoms with E-state index in [9.17, 15) is 0 Å². The van der Waals surface area contributed by atoms with Gasteiger partial charge >= 0.3 is 10.4 Å². The van der Waals surface area contributed by atoms with Crippen molar-refractivity contribution in [2.24, 2.45) is 0 Å². The Hall–Kier alpha value is 0.420. The van der Waals surface area contributed by atoms with Crippen molar-refractivity contribution < 1.29 is 87.2 Å². The first-order chi connectivity index (χ1) is 2.00. The predicted octanol–water partition coefficient (Wildman–Crippen LogP) is -7.25. The van der Waals surface area contributed by atoms with E-state index in [4.69, 9.17) is 17.5 Å². The second-order valence-corrected chi connectivity index (χ2v) is 1.34. The van der Waals surface area contributed by atoms with Gasteiger partial charge in [0.15, 0.2) is 0 Å². The molecule has 0 saturated carbocycles. The summed E-state index contributed by atoms with van der Waals surface area (Å²) in [7, 11) is -4.67. The largest absolute Gasteiger partial charge is 0.412 e. The first-order valence-corrected chi connectivity index (χ1v) is 2.10. The van der Waals surface area contributed by atoms with Gasteiger partial charge in [-0.15, -0.1) is 0 Å². The Morgan fingerprint density at radius 1 is 0.571 bits per heavy atom. The normalized spacial score (nSPS) is 4.14. The van der Waals surface area contributed by atoms with E-state index in [0.29, 0.717) is 0 Å². The average Bonchev–Trinajstić information content (AvgIpc) is 0.722. The minimum atomic E-state index is -4.67. The monoisotopic (exact) mass is 287 g/mol. The molecule has 1 radical (unpaired) electrons. The van der Waals surface area contributed by atoms with Crippen LogP contribution in [0.1, 0.15) is 0 Å². The Labute approximate surface area is 97.8 Å². The molecule has 0 aliphatic carbocycles. The molecular formula is H18O12SSc. The second kappa shape index (κ2) is 50.2. The van der Waals surface area contributed by atoms with Crippen molar-refractivity contribution >= 4 is 10.4 Å². The average molecular weight is 287 g/mol. The third kappa shape index (κ3) is 9180. The van der Waals surface area contributed by atoms with Crippen molar-refractivity contribution in [2.45, 2.75) is 0 Å². The van der Waals surface area contributed by atoms with Crippen molar-refractivity contribution in [3.8, 4) is 0 Å². The zero-order valence-electron chi connectivity index (χ0n) is 6.70. The maximum absolute atomic E-state index is 8.74. The summed E-state index contributed by atoms with van der Waals surface area (Å²) in [5.74, 6) is 0. The van der Waals surface area contributed by atoms with Crippen LogP contribution in [-0.2, 0) is 36.2 Å². The van der Waals surface area contributed by atoms with Crippen LogP contribution in [0.2, 0.25) is 0 Å². The number of hydrogen-bond acceptors (Lipinski definition) is 2. The van der Waals surface area contributed by atoms with Crippen LogP contribution in [0.4, 0.5) is 0 Å². The predicted molar refractivity (Wildman–Crippen MR) is 43.1 cm³/mol. The molecule has 18 N–H and O–H groups in total. The molecule has 0 rings (SSSR count). The van der Waals surface area contributed by atoms with Crippen LogP contribution in [0, 0.1) is 0 Å². The van der Waals surface area contributed by atoms with E-state index in [2.05, 4.69) is 0 Å². The summed E-state index contributed by atoms with van der Waals surface area (Å²) in [5.41, 5.74) is 0. The summed E-state index contributed by atoms with van der Waals surface area (Å²) in [4.78, 5) is 0. The molecule has 0 fully saturated rings. The van der Waals surface area contributed by atoms with Crippen LogP contribution in [0.3, 0.4) is 0 Å². The molecule has 0 spiro atoms. The molecule has 0 amide bonds. The van der Waals surface area contributed by atoms with Crippen LogP contribution < -0.4 is 0 Å². The fourth-order valence-electron chi connectivity index (χ4n) is 0. The zero-order valence-corrected chi connectivity index (χ0v) is 9.32. The van der Waals surface area contributed by atoms with Gasteiger partial charge in [0.25, 0.3) is 0 Å². The van der Waals surface area contributed by atoms with E-state index in [1.807, 2.05) is 0 Å². The Balaban J connectivity index is -0.00000000222. The third-order valence-electron chi connectivity index (χ3n) is 0. The van der Waals surface area contributed by atoms with Gasteiger partial charge in [-0.1, -0.05) is 0 Å². The van der Waals surface area contributed by atoms with Gasteiger partial charge in [-0.05, 0) is 0 Å². The SMILES string of the molecule is O.O.O.O.O.O.O.O.O=S(=O)(O)O.[Sc]. The molecule has 0 bridgehead atoms. The Kier molecular flexibility index (Phi) is 477. The summed E-state index contributed by atoms with van der Waals surface area (Å²) in [5, 5.41) is 0.